The Bertz CT molecular complexity index is 842. The topological polar surface area (TPSA) is 167 Å². The zero-order valence-electron chi connectivity index (χ0n) is 26.2. The van der Waals surface area contributed by atoms with E-state index in [1.165, 1.54) is 0 Å². The van der Waals surface area contributed by atoms with E-state index in [0.29, 0.717) is 90.9 Å². The summed E-state index contributed by atoms with van der Waals surface area (Å²) in [6.45, 7) is 5.85. The van der Waals surface area contributed by atoms with Crippen LogP contribution in [0.1, 0.15) is 51.4 Å². The largest absolute Gasteiger partial charge is 0.446 e. The van der Waals surface area contributed by atoms with Crippen molar-refractivity contribution in [1.29, 1.82) is 0 Å². The molecule has 0 aromatic rings. The van der Waals surface area contributed by atoms with E-state index in [0.717, 1.165) is 32.1 Å². The quantitative estimate of drug-likeness (QED) is 0.0821. The molecule has 0 aromatic heterocycles. The van der Waals surface area contributed by atoms with Gasteiger partial charge in [-0.1, -0.05) is 12.2 Å². The highest BCUT2D eigenvalue weighted by atomic mass is 16.7. The monoisotopic (exact) mass is 646 g/mol. The van der Waals surface area contributed by atoms with Gasteiger partial charge in [0.15, 0.2) is 0 Å². The molecule has 1 aliphatic carbocycles. The van der Waals surface area contributed by atoms with Crippen molar-refractivity contribution in [1.82, 2.24) is 10.4 Å². The number of nitrogens with one attached hydrogen (secondary N) is 1. The minimum absolute atomic E-state index is 0.0183. The average Bonchev–Trinajstić information content (AvgIpc) is 3.32. The van der Waals surface area contributed by atoms with Gasteiger partial charge in [0.2, 0.25) is 0 Å². The van der Waals surface area contributed by atoms with Gasteiger partial charge in [-0.3, -0.25) is 9.59 Å². The lowest BCUT2D eigenvalue weighted by Crippen LogP contribution is -2.32. The molecule has 2 rings (SSSR count). The molecule has 45 heavy (non-hydrogen) atoms. The second-order valence-electron chi connectivity index (χ2n) is 10.0. The van der Waals surface area contributed by atoms with Gasteiger partial charge in [0.1, 0.15) is 6.10 Å². The molecule has 2 aliphatic rings. The number of carbonyl (C=O) groups excluding carboxylic acids is 4. The van der Waals surface area contributed by atoms with Gasteiger partial charge in [-0.15, -0.1) is 5.06 Å². The minimum atomic E-state index is -0.700. The Labute approximate surface area is 265 Å². The maximum Gasteiger partial charge on any atom is 0.407 e. The molecule has 15 heteroatoms. The summed E-state index contributed by atoms with van der Waals surface area (Å²) in [5.74, 6) is -1.72. The number of carbonyl (C=O) groups is 4. The molecular weight excluding hydrogens is 596 g/mol. The van der Waals surface area contributed by atoms with E-state index in [9.17, 15) is 19.2 Å². The van der Waals surface area contributed by atoms with E-state index < -0.39 is 17.8 Å². The molecule has 0 spiro atoms. The van der Waals surface area contributed by atoms with Gasteiger partial charge >= 0.3 is 12.1 Å². The standard InChI is InChI=1S/C30H50N2O13/c33-27-8-9-28(34)32(27)45-29(35)10-12-37-14-16-39-18-20-41-22-24-43-25-23-42-21-19-40-17-15-38-13-11-31-30(36)44-26-6-4-2-1-3-5-7-26/h1-2,26H,3-25H2,(H,31,36)/b2-1+. The number of rotatable bonds is 26. The van der Waals surface area contributed by atoms with Crippen molar-refractivity contribution in [3.63, 3.8) is 0 Å². The fraction of sp³-hybridized carbons (Fsp3) is 0.800. The van der Waals surface area contributed by atoms with Crippen molar-refractivity contribution < 1.29 is 61.9 Å². The van der Waals surface area contributed by atoms with Crippen LogP contribution in [0.3, 0.4) is 0 Å². The summed E-state index contributed by atoms with van der Waals surface area (Å²) in [6.07, 6.45) is 8.76. The summed E-state index contributed by atoms with van der Waals surface area (Å²) >= 11 is 0. The summed E-state index contributed by atoms with van der Waals surface area (Å²) in [4.78, 5) is 51.0. The van der Waals surface area contributed by atoms with Crippen molar-refractivity contribution in [2.24, 2.45) is 0 Å². The SMILES string of the molecule is O=C(CCOCCOCCOCCOCCOCCOCCOCCNC(=O)OC1CC/C=C/CCC1)ON1C(=O)CCC1=O. The first-order valence-electron chi connectivity index (χ1n) is 15.8. The molecule has 1 heterocycles. The maximum atomic E-state index is 11.9. The zero-order chi connectivity index (χ0) is 32.2. The number of amides is 3. The highest BCUT2D eigenvalue weighted by molar-refractivity contribution is 6.01. The molecule has 258 valence electrons. The molecule has 1 aliphatic heterocycles. The van der Waals surface area contributed by atoms with Crippen LogP contribution in [0.15, 0.2) is 12.2 Å². The molecule has 3 amide bonds. The summed E-state index contributed by atoms with van der Waals surface area (Å²) in [5.41, 5.74) is 0. The van der Waals surface area contributed by atoms with E-state index in [1.807, 2.05) is 0 Å². The van der Waals surface area contributed by atoms with Gasteiger partial charge in [-0.25, -0.2) is 9.59 Å². The number of hydrogen-bond acceptors (Lipinski definition) is 13. The first kappa shape index (κ1) is 38.5. The minimum Gasteiger partial charge on any atom is -0.446 e. The first-order valence-corrected chi connectivity index (χ1v) is 15.8. The lowest BCUT2D eigenvalue weighted by atomic mass is 10.0. The molecule has 1 N–H and O–H groups in total. The van der Waals surface area contributed by atoms with E-state index >= 15 is 0 Å². The van der Waals surface area contributed by atoms with Crippen LogP contribution in [0.4, 0.5) is 4.79 Å². The van der Waals surface area contributed by atoms with Gasteiger partial charge in [0.05, 0.1) is 98.9 Å². The van der Waals surface area contributed by atoms with Crippen LogP contribution in [-0.4, -0.2) is 134 Å². The lowest BCUT2D eigenvalue weighted by Gasteiger charge is -2.18. The zero-order valence-corrected chi connectivity index (χ0v) is 26.2. The normalized spacial score (nSPS) is 17.6. The van der Waals surface area contributed by atoms with Gasteiger partial charge in [0, 0.05) is 19.4 Å². The first-order chi connectivity index (χ1) is 22.1. The second kappa shape index (κ2) is 26.5. The number of imide groups is 1. The Morgan fingerprint density at radius 3 is 1.64 bits per heavy atom. The number of allylic oxidation sites excluding steroid dienone is 2. The maximum absolute atomic E-state index is 11.9. The highest BCUT2D eigenvalue weighted by Crippen LogP contribution is 2.15. The van der Waals surface area contributed by atoms with Crippen LogP contribution in [0, 0.1) is 0 Å². The predicted molar refractivity (Wildman–Crippen MR) is 158 cm³/mol. The van der Waals surface area contributed by atoms with Crippen LogP contribution in [-0.2, 0) is 57.1 Å². The summed E-state index contributed by atoms with van der Waals surface area (Å²) in [5, 5.41) is 3.24. The summed E-state index contributed by atoms with van der Waals surface area (Å²) < 4.78 is 43.3. The molecule has 1 fully saturated rings. The van der Waals surface area contributed by atoms with Gasteiger partial charge in [-0.2, -0.15) is 0 Å². The van der Waals surface area contributed by atoms with Crippen LogP contribution in [0.5, 0.6) is 0 Å². The smallest absolute Gasteiger partial charge is 0.407 e. The molecule has 15 nitrogen and oxygen atoms in total. The molecule has 0 radical (unpaired) electrons. The predicted octanol–water partition coefficient (Wildman–Crippen LogP) is 1.72. The van der Waals surface area contributed by atoms with Crippen LogP contribution >= 0.6 is 0 Å². The molecule has 0 saturated carbocycles. The Balaban J connectivity index is 1.21. The number of nitrogens with zero attached hydrogens (tertiary/aromatic N) is 1. The molecule has 1 saturated heterocycles. The molecule has 1 unspecified atom stereocenters. The Kier molecular flexibility index (Phi) is 22.7. The fourth-order valence-corrected chi connectivity index (χ4v) is 4.04. The third-order valence-electron chi connectivity index (χ3n) is 6.39. The Morgan fingerprint density at radius 1 is 0.644 bits per heavy atom. The molecule has 0 bridgehead atoms. The van der Waals surface area contributed by atoms with Crippen LogP contribution in [0.25, 0.3) is 0 Å². The van der Waals surface area contributed by atoms with Crippen LogP contribution in [0.2, 0.25) is 0 Å². The van der Waals surface area contributed by atoms with Gasteiger partial charge < -0.3 is 48.0 Å². The van der Waals surface area contributed by atoms with Crippen molar-refractivity contribution in [3.8, 4) is 0 Å². The summed E-state index contributed by atoms with van der Waals surface area (Å²) in [6, 6.07) is 0. The summed E-state index contributed by atoms with van der Waals surface area (Å²) in [7, 11) is 0. The number of alkyl carbamates (subject to hydrolysis) is 1. The highest BCUT2D eigenvalue weighted by Gasteiger charge is 2.32. The lowest BCUT2D eigenvalue weighted by molar-refractivity contribution is -0.198. The van der Waals surface area contributed by atoms with Crippen molar-refractivity contribution in [3.05, 3.63) is 12.2 Å². The number of ether oxygens (including phenoxy) is 8. The van der Waals surface area contributed by atoms with Crippen molar-refractivity contribution >= 4 is 23.9 Å². The Morgan fingerprint density at radius 2 is 1.11 bits per heavy atom. The van der Waals surface area contributed by atoms with E-state index in [2.05, 4.69) is 17.5 Å². The van der Waals surface area contributed by atoms with Crippen LogP contribution < -0.4 is 5.32 Å². The van der Waals surface area contributed by atoms with E-state index in [-0.39, 0.29) is 44.7 Å². The Hall–Kier alpha value is -2.66. The second-order valence-corrected chi connectivity index (χ2v) is 10.0. The molecule has 1 atom stereocenters. The third-order valence-corrected chi connectivity index (χ3v) is 6.39. The van der Waals surface area contributed by atoms with E-state index in [4.69, 9.17) is 42.7 Å². The molecule has 0 aromatic carbocycles. The third kappa shape index (κ3) is 20.9. The average molecular weight is 647 g/mol. The molecular formula is C30H50N2O13. The van der Waals surface area contributed by atoms with Gasteiger partial charge in [-0.05, 0) is 32.1 Å². The fourth-order valence-electron chi connectivity index (χ4n) is 4.04. The van der Waals surface area contributed by atoms with Crippen molar-refractivity contribution in [2.45, 2.75) is 57.5 Å². The van der Waals surface area contributed by atoms with Crippen molar-refractivity contribution in [2.75, 3.05) is 99.0 Å². The van der Waals surface area contributed by atoms with E-state index in [1.54, 1.807) is 0 Å². The number of hydroxylamine groups is 2. The number of hydrogen-bond donors (Lipinski definition) is 1. The van der Waals surface area contributed by atoms with Gasteiger partial charge in [0.25, 0.3) is 11.8 Å².